The lowest BCUT2D eigenvalue weighted by Gasteiger charge is -2.29. The molecule has 1 aliphatic carbocycles. The minimum atomic E-state index is -0.0298. The number of Topliss-reactive ketones (excluding diaryl/α,β-unsaturated/α-hetero) is 1. The second-order valence-electron chi connectivity index (χ2n) is 5.74. The van der Waals surface area contributed by atoms with E-state index in [-0.39, 0.29) is 11.2 Å². The average molecular weight is 274 g/mol. The summed E-state index contributed by atoms with van der Waals surface area (Å²) in [4.78, 5) is 16.7. The van der Waals surface area contributed by atoms with Gasteiger partial charge in [0.05, 0.1) is 11.3 Å². The van der Waals surface area contributed by atoms with E-state index in [0.29, 0.717) is 17.5 Å². The van der Waals surface area contributed by atoms with Crippen LogP contribution >= 0.6 is 11.8 Å². The lowest BCUT2D eigenvalue weighted by atomic mass is 9.75. The summed E-state index contributed by atoms with van der Waals surface area (Å²) in [5, 5.41) is 9.97. The smallest absolute Gasteiger partial charge is 0.165 e. The van der Waals surface area contributed by atoms with E-state index in [1.54, 1.807) is 17.8 Å². The van der Waals surface area contributed by atoms with Crippen molar-refractivity contribution in [3.05, 3.63) is 22.9 Å². The Balaban J connectivity index is 2.46. The highest BCUT2D eigenvalue weighted by Gasteiger charge is 2.32. The fourth-order valence-electron chi connectivity index (χ4n) is 2.34. The van der Waals surface area contributed by atoms with Crippen LogP contribution in [0.3, 0.4) is 0 Å². The molecule has 0 aromatic carbocycles. The van der Waals surface area contributed by atoms with Crippen molar-refractivity contribution < 1.29 is 4.79 Å². The van der Waals surface area contributed by atoms with Gasteiger partial charge in [0.2, 0.25) is 0 Å². The molecule has 0 saturated carbocycles. The normalized spacial score (nSPS) is 16.8. The number of hydrogen-bond acceptors (Lipinski definition) is 4. The average Bonchev–Trinajstić information content (AvgIpc) is 2.34. The van der Waals surface area contributed by atoms with Crippen LogP contribution in [-0.4, -0.2) is 16.5 Å². The molecule has 0 saturated heterocycles. The third kappa shape index (κ3) is 2.98. The van der Waals surface area contributed by atoms with Crippen LogP contribution in [0, 0.1) is 16.7 Å². The Morgan fingerprint density at radius 3 is 2.84 bits per heavy atom. The van der Waals surface area contributed by atoms with Gasteiger partial charge in [0.15, 0.2) is 5.78 Å². The molecule has 0 unspecified atom stereocenters. The van der Waals surface area contributed by atoms with Crippen LogP contribution in [-0.2, 0) is 6.42 Å². The maximum Gasteiger partial charge on any atom is 0.165 e. The van der Waals surface area contributed by atoms with E-state index in [0.717, 1.165) is 29.3 Å². The third-order valence-electron chi connectivity index (χ3n) is 3.22. The molecule has 4 heteroatoms. The zero-order valence-electron chi connectivity index (χ0n) is 11.6. The maximum atomic E-state index is 12.1. The zero-order valence-corrected chi connectivity index (χ0v) is 12.4. The van der Waals surface area contributed by atoms with Gasteiger partial charge < -0.3 is 0 Å². The quantitative estimate of drug-likeness (QED) is 0.790. The second-order valence-corrected chi connectivity index (χ2v) is 6.82. The third-order valence-corrected chi connectivity index (χ3v) is 4.41. The molecule has 0 radical (unpaired) electrons. The highest BCUT2D eigenvalue weighted by molar-refractivity contribution is 7.99. The van der Waals surface area contributed by atoms with Crippen molar-refractivity contribution in [3.63, 3.8) is 0 Å². The minimum Gasteiger partial charge on any atom is -0.294 e. The van der Waals surface area contributed by atoms with Crippen molar-refractivity contribution >= 4 is 17.5 Å². The molecule has 2 rings (SSSR count). The van der Waals surface area contributed by atoms with Crippen LogP contribution in [0.5, 0.6) is 0 Å². The van der Waals surface area contributed by atoms with Gasteiger partial charge in [-0.2, -0.15) is 5.26 Å². The topological polar surface area (TPSA) is 53.8 Å². The number of fused-ring (bicyclic) bond motifs is 1. The molecule has 1 aromatic heterocycles. The first-order chi connectivity index (χ1) is 8.96. The van der Waals surface area contributed by atoms with Crippen LogP contribution in [0.4, 0.5) is 0 Å². The van der Waals surface area contributed by atoms with Gasteiger partial charge in [-0.1, -0.05) is 20.8 Å². The van der Waals surface area contributed by atoms with E-state index in [4.69, 9.17) is 0 Å². The predicted molar refractivity (Wildman–Crippen MR) is 76.4 cm³/mol. The first-order valence-corrected chi connectivity index (χ1v) is 7.55. The minimum absolute atomic E-state index is 0.0298. The largest absolute Gasteiger partial charge is 0.294 e. The van der Waals surface area contributed by atoms with Gasteiger partial charge in [0.25, 0.3) is 0 Å². The van der Waals surface area contributed by atoms with Gasteiger partial charge in [-0.05, 0) is 30.1 Å². The van der Waals surface area contributed by atoms with Crippen molar-refractivity contribution in [3.8, 4) is 6.07 Å². The predicted octanol–water partition coefficient (Wildman–Crippen LogP) is 3.61. The summed E-state index contributed by atoms with van der Waals surface area (Å²) in [6, 6.07) is 3.89. The van der Waals surface area contributed by atoms with Gasteiger partial charge in [-0.15, -0.1) is 11.8 Å². The highest BCUT2D eigenvalue weighted by atomic mass is 32.2. The van der Waals surface area contributed by atoms with Gasteiger partial charge in [-0.3, -0.25) is 4.79 Å². The summed E-state index contributed by atoms with van der Waals surface area (Å²) >= 11 is 1.60. The summed E-state index contributed by atoms with van der Waals surface area (Å²) in [5.74, 6) is 1.06. The number of thioether (sulfide) groups is 1. The Hall–Kier alpha value is -1.34. The molecule has 1 heterocycles. The Labute approximate surface area is 118 Å². The van der Waals surface area contributed by atoms with Crippen molar-refractivity contribution in [2.24, 2.45) is 5.41 Å². The molecule has 0 atom stereocenters. The maximum absolute atomic E-state index is 12.1. The number of aromatic nitrogens is 1. The lowest BCUT2D eigenvalue weighted by molar-refractivity contribution is 0.0910. The number of ketones is 1. The molecule has 100 valence electrons. The van der Waals surface area contributed by atoms with E-state index in [9.17, 15) is 10.1 Å². The Morgan fingerprint density at radius 2 is 2.21 bits per heavy atom. The summed E-state index contributed by atoms with van der Waals surface area (Å²) in [6.45, 7) is 6.28. The second kappa shape index (κ2) is 5.34. The standard InChI is InChI=1S/C15H18N2OS/c1-4-5-19-14-10(9-16)6-11-12(17-14)7-15(2,3)8-13(11)18/h6H,4-5,7-8H2,1-3H3. The summed E-state index contributed by atoms with van der Waals surface area (Å²) < 4.78 is 0. The monoisotopic (exact) mass is 274 g/mol. The van der Waals surface area contributed by atoms with Crippen molar-refractivity contribution in [1.82, 2.24) is 4.98 Å². The van der Waals surface area contributed by atoms with Crippen LogP contribution < -0.4 is 0 Å². The SMILES string of the molecule is CCCSc1nc2c(cc1C#N)C(=O)CC(C)(C)C2. The summed E-state index contributed by atoms with van der Waals surface area (Å²) in [5.41, 5.74) is 2.01. The molecule has 0 bridgehead atoms. The Kier molecular flexibility index (Phi) is 3.96. The molecule has 19 heavy (non-hydrogen) atoms. The number of pyridine rings is 1. The molecule has 3 nitrogen and oxygen atoms in total. The molecule has 1 aliphatic rings. The van der Waals surface area contributed by atoms with Crippen LogP contribution in [0.15, 0.2) is 11.1 Å². The molecule has 0 spiro atoms. The molecule has 0 fully saturated rings. The highest BCUT2D eigenvalue weighted by Crippen LogP contribution is 2.35. The number of carbonyl (C=O) groups is 1. The Morgan fingerprint density at radius 1 is 1.47 bits per heavy atom. The number of nitriles is 1. The molecular weight excluding hydrogens is 256 g/mol. The number of carbonyl (C=O) groups excluding carboxylic acids is 1. The van der Waals surface area contributed by atoms with Gasteiger partial charge in [-0.25, -0.2) is 4.98 Å². The van der Waals surface area contributed by atoms with Crippen molar-refractivity contribution in [2.45, 2.75) is 45.1 Å². The van der Waals surface area contributed by atoms with Crippen LogP contribution in [0.2, 0.25) is 0 Å². The van der Waals surface area contributed by atoms with Gasteiger partial charge in [0.1, 0.15) is 11.1 Å². The molecule has 0 amide bonds. The van der Waals surface area contributed by atoms with E-state index >= 15 is 0 Å². The van der Waals surface area contributed by atoms with E-state index < -0.39 is 0 Å². The lowest BCUT2D eigenvalue weighted by Crippen LogP contribution is -2.28. The van der Waals surface area contributed by atoms with Gasteiger partial charge in [0, 0.05) is 12.0 Å². The summed E-state index contributed by atoms with van der Waals surface area (Å²) in [6.07, 6.45) is 2.38. The van der Waals surface area contributed by atoms with E-state index in [2.05, 4.69) is 31.8 Å². The number of rotatable bonds is 3. The molecule has 1 aromatic rings. The van der Waals surface area contributed by atoms with Crippen LogP contribution in [0.25, 0.3) is 0 Å². The summed E-state index contributed by atoms with van der Waals surface area (Å²) in [7, 11) is 0. The molecule has 0 aliphatic heterocycles. The molecular formula is C15H18N2OS. The first kappa shape index (κ1) is 14.1. The fourth-order valence-corrected chi connectivity index (χ4v) is 3.18. The zero-order chi connectivity index (χ0) is 14.0. The number of nitrogens with zero attached hydrogens (tertiary/aromatic N) is 2. The Bertz CT molecular complexity index is 558. The van der Waals surface area contributed by atoms with E-state index in [1.807, 2.05) is 0 Å². The van der Waals surface area contributed by atoms with Crippen molar-refractivity contribution in [2.75, 3.05) is 5.75 Å². The first-order valence-electron chi connectivity index (χ1n) is 6.57. The molecule has 0 N–H and O–H groups in total. The van der Waals surface area contributed by atoms with E-state index in [1.165, 1.54) is 0 Å². The van der Waals surface area contributed by atoms with Crippen molar-refractivity contribution in [1.29, 1.82) is 5.26 Å². The van der Waals surface area contributed by atoms with Crippen LogP contribution in [0.1, 0.15) is 55.2 Å². The number of hydrogen-bond donors (Lipinski definition) is 0. The fraction of sp³-hybridized carbons (Fsp3) is 0.533. The van der Waals surface area contributed by atoms with Gasteiger partial charge >= 0.3 is 0 Å².